The molecule has 1 aromatic heterocycles. The molecule has 7 nitrogen and oxygen atoms in total. The molecule has 1 unspecified atom stereocenters. The second-order valence-corrected chi connectivity index (χ2v) is 5.70. The van der Waals surface area contributed by atoms with E-state index in [1.165, 1.54) is 0 Å². The Morgan fingerprint density at radius 3 is 2.56 bits per heavy atom. The maximum atomic E-state index is 9.22. The van der Waals surface area contributed by atoms with Crippen LogP contribution in [0, 0.1) is 0 Å². The normalized spacial score (nSPS) is 11.6. The molecule has 4 N–H and O–H groups in total. The van der Waals surface area contributed by atoms with Crippen LogP contribution in [0.5, 0.6) is 5.75 Å². The van der Waals surface area contributed by atoms with E-state index < -0.39 is 0 Å². The first-order chi connectivity index (χ1) is 12.1. The molecule has 0 spiro atoms. The average molecular weight is 357 g/mol. The zero-order valence-electron chi connectivity index (χ0n) is 16.4. The number of nitrogens with one attached hydrogen (secondary N) is 1. The molecule has 7 heteroatoms. The summed E-state index contributed by atoms with van der Waals surface area (Å²) >= 11 is 0. The fourth-order valence-corrected chi connectivity index (χ4v) is 2.12. The van der Waals surface area contributed by atoms with Crippen LogP contribution in [-0.4, -0.2) is 47.0 Å². The van der Waals surface area contributed by atoms with Gasteiger partial charge in [0.2, 0.25) is 5.95 Å². The lowest BCUT2D eigenvalue weighted by Crippen LogP contribution is -2.23. The van der Waals surface area contributed by atoms with Crippen LogP contribution in [0.25, 0.3) is 0 Å². The molecule has 1 aromatic rings. The number of anilines is 2. The third kappa shape index (κ3) is 10.8. The van der Waals surface area contributed by atoms with Crippen molar-refractivity contribution in [3.05, 3.63) is 6.20 Å². The Hall–Kier alpha value is -1.60. The lowest BCUT2D eigenvalue weighted by Gasteiger charge is -2.20. The first-order valence-electron chi connectivity index (χ1n) is 9.31. The Morgan fingerprint density at radius 2 is 1.96 bits per heavy atom. The van der Waals surface area contributed by atoms with Crippen LogP contribution >= 0.6 is 0 Å². The summed E-state index contributed by atoms with van der Waals surface area (Å²) in [7, 11) is 0. The molecule has 0 fully saturated rings. The summed E-state index contributed by atoms with van der Waals surface area (Å²) in [5.41, 5.74) is 5.68. The van der Waals surface area contributed by atoms with Gasteiger partial charge in [-0.25, -0.2) is 4.98 Å². The van der Waals surface area contributed by atoms with Crippen molar-refractivity contribution in [1.82, 2.24) is 9.97 Å². The van der Waals surface area contributed by atoms with Crippen molar-refractivity contribution in [3.63, 3.8) is 0 Å². The minimum atomic E-state index is 0.125. The molecule has 0 saturated heterocycles. The van der Waals surface area contributed by atoms with Crippen molar-refractivity contribution in [3.8, 4) is 5.75 Å². The summed E-state index contributed by atoms with van der Waals surface area (Å²) in [5.74, 6) is 1.30. The third-order valence-electron chi connectivity index (χ3n) is 3.29. The van der Waals surface area contributed by atoms with Gasteiger partial charge in [0.15, 0.2) is 11.6 Å². The molecule has 0 aliphatic heterocycles. The number of nitrogen functional groups attached to an aromatic ring is 1. The SMILES string of the molecule is CC.CCCCC(CCO)Nc1nc(N)ncc1OCCOC(C)C. The van der Waals surface area contributed by atoms with Gasteiger partial charge >= 0.3 is 0 Å². The van der Waals surface area contributed by atoms with Gasteiger partial charge in [-0.3, -0.25) is 0 Å². The van der Waals surface area contributed by atoms with E-state index in [0.29, 0.717) is 31.2 Å². The van der Waals surface area contributed by atoms with Gasteiger partial charge < -0.3 is 25.6 Å². The van der Waals surface area contributed by atoms with Crippen molar-refractivity contribution in [2.24, 2.45) is 0 Å². The molecule has 1 rings (SSSR count). The molecule has 1 atom stereocenters. The van der Waals surface area contributed by atoms with E-state index in [4.69, 9.17) is 15.2 Å². The predicted octanol–water partition coefficient (Wildman–Crippen LogP) is 3.24. The lowest BCUT2D eigenvalue weighted by molar-refractivity contribution is 0.0553. The number of aromatic nitrogens is 2. The highest BCUT2D eigenvalue weighted by Crippen LogP contribution is 2.24. The number of unbranched alkanes of at least 4 members (excludes halogenated alkanes) is 1. The van der Waals surface area contributed by atoms with E-state index in [-0.39, 0.29) is 24.7 Å². The summed E-state index contributed by atoms with van der Waals surface area (Å²) in [4.78, 5) is 8.21. The first kappa shape index (κ1) is 23.4. The maximum absolute atomic E-state index is 9.22. The standard InChI is InChI=1S/C16H30N4O3.C2H6/c1-4-5-6-13(7-8-21)19-15-14(11-18-16(17)20-15)23-10-9-22-12(2)3;1-2/h11-13,21H,4-10H2,1-3H3,(H3,17,18,19,20);1-2H3. The van der Waals surface area contributed by atoms with Crippen molar-refractivity contribution in [1.29, 1.82) is 0 Å². The quantitative estimate of drug-likeness (QED) is 0.494. The minimum Gasteiger partial charge on any atom is -0.486 e. The fraction of sp³-hybridized carbons (Fsp3) is 0.778. The van der Waals surface area contributed by atoms with Crippen molar-refractivity contribution in [2.45, 2.75) is 72.4 Å². The molecular formula is C18H36N4O3. The van der Waals surface area contributed by atoms with Crippen LogP contribution in [0.4, 0.5) is 11.8 Å². The van der Waals surface area contributed by atoms with E-state index in [2.05, 4.69) is 22.2 Å². The predicted molar refractivity (Wildman–Crippen MR) is 103 cm³/mol. The van der Waals surface area contributed by atoms with Crippen molar-refractivity contribution in [2.75, 3.05) is 30.9 Å². The molecule has 0 bridgehead atoms. The molecule has 0 radical (unpaired) electrons. The minimum absolute atomic E-state index is 0.125. The number of hydrogen-bond acceptors (Lipinski definition) is 7. The molecule has 1 heterocycles. The fourth-order valence-electron chi connectivity index (χ4n) is 2.12. The van der Waals surface area contributed by atoms with Gasteiger partial charge in [-0.2, -0.15) is 4.98 Å². The number of nitrogens with zero attached hydrogens (tertiary/aromatic N) is 2. The number of aliphatic hydroxyl groups excluding tert-OH is 1. The van der Waals surface area contributed by atoms with Crippen LogP contribution in [0.15, 0.2) is 6.20 Å². The average Bonchev–Trinajstić information content (AvgIpc) is 2.60. The van der Waals surface area contributed by atoms with E-state index in [0.717, 1.165) is 19.3 Å². The Bertz CT molecular complexity index is 444. The Kier molecular flexibility index (Phi) is 13.8. The lowest BCUT2D eigenvalue weighted by atomic mass is 10.1. The van der Waals surface area contributed by atoms with Crippen LogP contribution in [0.1, 0.15) is 60.3 Å². The topological polar surface area (TPSA) is 103 Å². The number of aliphatic hydroxyl groups is 1. The smallest absolute Gasteiger partial charge is 0.222 e. The van der Waals surface area contributed by atoms with Gasteiger partial charge in [0.25, 0.3) is 0 Å². The summed E-state index contributed by atoms with van der Waals surface area (Å²) in [6.07, 6.45) is 5.52. The molecule has 0 amide bonds. The highest BCUT2D eigenvalue weighted by atomic mass is 16.5. The highest BCUT2D eigenvalue weighted by Gasteiger charge is 2.13. The molecule has 0 aromatic carbocycles. The summed E-state index contributed by atoms with van der Waals surface area (Å²) in [6, 6.07) is 0.128. The summed E-state index contributed by atoms with van der Waals surface area (Å²) in [5, 5.41) is 12.5. The van der Waals surface area contributed by atoms with Crippen molar-refractivity contribution >= 4 is 11.8 Å². The monoisotopic (exact) mass is 356 g/mol. The van der Waals surface area contributed by atoms with Gasteiger partial charge in [0, 0.05) is 12.6 Å². The molecular weight excluding hydrogens is 320 g/mol. The van der Waals surface area contributed by atoms with Crippen LogP contribution < -0.4 is 15.8 Å². The van der Waals surface area contributed by atoms with E-state index in [1.54, 1.807) is 6.20 Å². The highest BCUT2D eigenvalue weighted by molar-refractivity contribution is 5.51. The number of ether oxygens (including phenoxy) is 2. The zero-order valence-corrected chi connectivity index (χ0v) is 16.4. The summed E-state index contributed by atoms with van der Waals surface area (Å²) < 4.78 is 11.2. The second-order valence-electron chi connectivity index (χ2n) is 5.70. The Balaban J connectivity index is 0.00000277. The maximum Gasteiger partial charge on any atom is 0.222 e. The molecule has 146 valence electrons. The first-order valence-corrected chi connectivity index (χ1v) is 9.31. The Labute approximate surface area is 152 Å². The van der Waals surface area contributed by atoms with E-state index >= 15 is 0 Å². The van der Waals surface area contributed by atoms with Crippen molar-refractivity contribution < 1.29 is 14.6 Å². The van der Waals surface area contributed by atoms with Gasteiger partial charge in [0.05, 0.1) is 18.9 Å². The second kappa shape index (κ2) is 14.7. The van der Waals surface area contributed by atoms with Crippen LogP contribution in [0.2, 0.25) is 0 Å². The van der Waals surface area contributed by atoms with Gasteiger partial charge in [-0.15, -0.1) is 0 Å². The molecule has 25 heavy (non-hydrogen) atoms. The largest absolute Gasteiger partial charge is 0.486 e. The third-order valence-corrected chi connectivity index (χ3v) is 3.29. The molecule has 0 saturated carbocycles. The number of rotatable bonds is 12. The van der Waals surface area contributed by atoms with Crippen LogP contribution in [-0.2, 0) is 4.74 Å². The van der Waals surface area contributed by atoms with Gasteiger partial charge in [0.1, 0.15) is 6.61 Å². The van der Waals surface area contributed by atoms with Crippen LogP contribution in [0.3, 0.4) is 0 Å². The van der Waals surface area contributed by atoms with E-state index in [9.17, 15) is 5.11 Å². The Morgan fingerprint density at radius 1 is 1.24 bits per heavy atom. The van der Waals surface area contributed by atoms with E-state index in [1.807, 2.05) is 27.7 Å². The van der Waals surface area contributed by atoms with Gasteiger partial charge in [-0.1, -0.05) is 33.6 Å². The summed E-state index contributed by atoms with van der Waals surface area (Å²) in [6.45, 7) is 11.1. The zero-order chi connectivity index (χ0) is 19.1. The number of nitrogens with two attached hydrogens (primary N) is 1. The van der Waals surface area contributed by atoms with Gasteiger partial charge in [-0.05, 0) is 26.7 Å². The number of hydrogen-bond donors (Lipinski definition) is 3. The molecule has 0 aliphatic rings. The molecule has 0 aliphatic carbocycles.